The Kier molecular flexibility index (Phi) is 7.29. The number of ketones is 1. The van der Waals surface area contributed by atoms with E-state index < -0.39 is 11.4 Å². The van der Waals surface area contributed by atoms with Gasteiger partial charge in [0.25, 0.3) is 0 Å². The van der Waals surface area contributed by atoms with Gasteiger partial charge in [-0.1, -0.05) is 115 Å². The lowest BCUT2D eigenvalue weighted by atomic mass is 9.72. The summed E-state index contributed by atoms with van der Waals surface area (Å²) in [5.74, 6) is -0.716. The number of carboxylic acid groups (broad SMARTS) is 1. The maximum atomic E-state index is 13.9. The molecule has 1 atom stereocenters. The van der Waals surface area contributed by atoms with Gasteiger partial charge in [-0.3, -0.25) is 14.5 Å². The molecule has 1 fully saturated rings. The average Bonchev–Trinajstić information content (AvgIpc) is 2.97. The Morgan fingerprint density at radius 1 is 0.703 bits per heavy atom. The van der Waals surface area contributed by atoms with Crippen molar-refractivity contribution in [1.82, 2.24) is 4.90 Å². The van der Waals surface area contributed by atoms with Gasteiger partial charge >= 0.3 is 5.97 Å². The molecule has 0 saturated carbocycles. The van der Waals surface area contributed by atoms with Crippen LogP contribution in [0.4, 0.5) is 0 Å². The lowest BCUT2D eigenvalue weighted by Gasteiger charge is -2.42. The molecule has 1 aliphatic rings. The number of carboxylic acids is 1. The first kappa shape index (κ1) is 24.7. The monoisotopic (exact) mass is 489 g/mol. The van der Waals surface area contributed by atoms with Crippen molar-refractivity contribution < 1.29 is 14.7 Å². The van der Waals surface area contributed by atoms with E-state index in [2.05, 4.69) is 17.0 Å². The molecule has 0 aromatic heterocycles. The number of nitrogens with zero attached hydrogens (tertiary/aromatic N) is 1. The summed E-state index contributed by atoms with van der Waals surface area (Å²) in [5, 5.41) is 10.2. The molecule has 0 aliphatic carbocycles. The Balaban J connectivity index is 1.40. The number of likely N-dealkylation sites (tertiary alicyclic amines) is 1. The van der Waals surface area contributed by atoms with Gasteiger partial charge in [-0.25, -0.2) is 0 Å². The van der Waals surface area contributed by atoms with Crippen LogP contribution in [-0.2, 0) is 16.6 Å². The summed E-state index contributed by atoms with van der Waals surface area (Å²) in [7, 11) is 0. The normalized spacial score (nSPS) is 16.1. The number of piperidine rings is 1. The van der Waals surface area contributed by atoms with Gasteiger partial charge in [0.1, 0.15) is 0 Å². The second-order valence-electron chi connectivity index (χ2n) is 9.80. The van der Waals surface area contributed by atoms with Crippen LogP contribution in [0.3, 0.4) is 0 Å². The van der Waals surface area contributed by atoms with E-state index >= 15 is 0 Å². The van der Waals surface area contributed by atoms with Gasteiger partial charge in [-0.15, -0.1) is 0 Å². The van der Waals surface area contributed by atoms with Crippen molar-refractivity contribution in [3.8, 4) is 11.1 Å². The van der Waals surface area contributed by atoms with Crippen LogP contribution in [0, 0.1) is 0 Å². The highest BCUT2D eigenvalue weighted by molar-refractivity contribution is 6.00. The standard InChI is InChI=1S/C33H31NO3/c35-31(28-18-16-27(17-19-28)26-12-6-2-7-13-26)30(24-25-10-4-1-5-11-25)34-22-20-33(21-23-34,32(36)37)29-14-8-3-9-15-29/h1-19,30H,20-24H2,(H,36,37). The first-order chi connectivity index (χ1) is 18.1. The van der Waals surface area contributed by atoms with E-state index in [0.717, 1.165) is 22.3 Å². The van der Waals surface area contributed by atoms with E-state index in [4.69, 9.17) is 0 Å². The fourth-order valence-electron chi connectivity index (χ4n) is 5.48. The molecule has 1 unspecified atom stereocenters. The zero-order chi connectivity index (χ0) is 25.7. The molecule has 1 aliphatic heterocycles. The fourth-order valence-corrected chi connectivity index (χ4v) is 5.48. The van der Waals surface area contributed by atoms with Crippen molar-refractivity contribution in [2.24, 2.45) is 0 Å². The molecule has 4 nitrogen and oxygen atoms in total. The van der Waals surface area contributed by atoms with E-state index in [1.807, 2.05) is 103 Å². The predicted molar refractivity (Wildman–Crippen MR) is 147 cm³/mol. The second-order valence-corrected chi connectivity index (χ2v) is 9.80. The third-order valence-corrected chi connectivity index (χ3v) is 7.68. The molecule has 0 radical (unpaired) electrons. The highest BCUT2D eigenvalue weighted by Crippen LogP contribution is 2.37. The van der Waals surface area contributed by atoms with Crippen molar-refractivity contribution in [1.29, 1.82) is 0 Å². The molecule has 5 rings (SSSR count). The molecule has 4 aromatic rings. The average molecular weight is 490 g/mol. The number of hydrogen-bond acceptors (Lipinski definition) is 3. The predicted octanol–water partition coefficient (Wildman–Crippen LogP) is 6.27. The van der Waals surface area contributed by atoms with Gasteiger partial charge in [-0.2, -0.15) is 0 Å². The summed E-state index contributed by atoms with van der Waals surface area (Å²) in [4.78, 5) is 28.6. The molecule has 0 amide bonds. The van der Waals surface area contributed by atoms with Crippen LogP contribution in [0.15, 0.2) is 115 Å². The van der Waals surface area contributed by atoms with Crippen LogP contribution in [0.25, 0.3) is 11.1 Å². The summed E-state index contributed by atoms with van der Waals surface area (Å²) >= 11 is 0. The summed E-state index contributed by atoms with van der Waals surface area (Å²) in [6, 6.07) is 37.2. The molecule has 1 saturated heterocycles. The number of hydrogen-bond donors (Lipinski definition) is 1. The van der Waals surface area contributed by atoms with Crippen LogP contribution >= 0.6 is 0 Å². The van der Waals surface area contributed by atoms with Crippen LogP contribution in [0.1, 0.15) is 34.3 Å². The number of carbonyl (C=O) groups excluding carboxylic acids is 1. The number of benzene rings is 4. The molecular formula is C33H31NO3. The molecule has 1 heterocycles. The topological polar surface area (TPSA) is 57.6 Å². The highest BCUT2D eigenvalue weighted by Gasteiger charge is 2.44. The zero-order valence-corrected chi connectivity index (χ0v) is 20.8. The van der Waals surface area contributed by atoms with E-state index in [0.29, 0.717) is 37.9 Å². The Morgan fingerprint density at radius 3 is 1.78 bits per heavy atom. The SMILES string of the molecule is O=C(c1ccc(-c2ccccc2)cc1)C(Cc1ccccc1)N1CCC(C(=O)O)(c2ccccc2)CC1. The van der Waals surface area contributed by atoms with E-state index in [-0.39, 0.29) is 11.8 Å². The first-order valence-corrected chi connectivity index (χ1v) is 12.8. The largest absolute Gasteiger partial charge is 0.481 e. The lowest BCUT2D eigenvalue weighted by molar-refractivity contribution is -0.146. The smallest absolute Gasteiger partial charge is 0.314 e. The van der Waals surface area contributed by atoms with Crippen molar-refractivity contribution in [3.05, 3.63) is 132 Å². The Bertz CT molecular complexity index is 1330. The summed E-state index contributed by atoms with van der Waals surface area (Å²) in [6.45, 7) is 1.10. The maximum absolute atomic E-state index is 13.9. The van der Waals surface area contributed by atoms with E-state index in [1.165, 1.54) is 0 Å². The molecule has 0 spiro atoms. The van der Waals surface area contributed by atoms with Crippen LogP contribution < -0.4 is 0 Å². The van der Waals surface area contributed by atoms with Gasteiger partial charge in [0, 0.05) is 18.7 Å². The minimum absolute atomic E-state index is 0.0750. The Hall–Kier alpha value is -4.02. The van der Waals surface area contributed by atoms with Gasteiger partial charge in [-0.05, 0) is 41.5 Å². The fraction of sp³-hybridized carbons (Fsp3) is 0.212. The van der Waals surface area contributed by atoms with Crippen molar-refractivity contribution in [2.75, 3.05) is 13.1 Å². The van der Waals surface area contributed by atoms with Crippen LogP contribution in [0.2, 0.25) is 0 Å². The Labute approximate surface area is 218 Å². The van der Waals surface area contributed by atoms with Crippen molar-refractivity contribution in [3.63, 3.8) is 0 Å². The molecule has 4 aromatic carbocycles. The molecular weight excluding hydrogens is 458 g/mol. The second kappa shape index (κ2) is 10.9. The Morgan fingerprint density at radius 2 is 1.22 bits per heavy atom. The lowest BCUT2D eigenvalue weighted by Crippen LogP contribution is -2.53. The number of rotatable bonds is 8. The highest BCUT2D eigenvalue weighted by atomic mass is 16.4. The number of Topliss-reactive ketones (excluding diaryl/α,β-unsaturated/α-hetero) is 1. The van der Waals surface area contributed by atoms with Crippen LogP contribution in [0.5, 0.6) is 0 Å². The van der Waals surface area contributed by atoms with Gasteiger partial charge in [0.2, 0.25) is 0 Å². The third kappa shape index (κ3) is 5.25. The van der Waals surface area contributed by atoms with Crippen molar-refractivity contribution >= 4 is 11.8 Å². The minimum atomic E-state index is -0.921. The first-order valence-electron chi connectivity index (χ1n) is 12.8. The minimum Gasteiger partial charge on any atom is -0.481 e. The molecule has 0 bridgehead atoms. The van der Waals surface area contributed by atoms with E-state index in [9.17, 15) is 14.7 Å². The molecule has 37 heavy (non-hydrogen) atoms. The summed E-state index contributed by atoms with van der Waals surface area (Å²) in [6.07, 6.45) is 1.53. The summed E-state index contributed by atoms with van der Waals surface area (Å²) < 4.78 is 0. The molecule has 4 heteroatoms. The van der Waals surface area contributed by atoms with E-state index in [1.54, 1.807) is 0 Å². The quantitative estimate of drug-likeness (QED) is 0.297. The molecule has 1 N–H and O–H groups in total. The third-order valence-electron chi connectivity index (χ3n) is 7.68. The molecule has 186 valence electrons. The number of carbonyl (C=O) groups is 2. The van der Waals surface area contributed by atoms with Gasteiger partial charge < -0.3 is 5.11 Å². The van der Waals surface area contributed by atoms with Gasteiger partial charge in [0.05, 0.1) is 11.5 Å². The van der Waals surface area contributed by atoms with Crippen molar-refractivity contribution in [2.45, 2.75) is 30.7 Å². The van der Waals surface area contributed by atoms with Crippen LogP contribution in [-0.4, -0.2) is 40.9 Å². The van der Waals surface area contributed by atoms with Gasteiger partial charge in [0.15, 0.2) is 5.78 Å². The zero-order valence-electron chi connectivity index (χ0n) is 20.8. The summed E-state index contributed by atoms with van der Waals surface area (Å²) in [5.41, 5.74) is 3.88. The maximum Gasteiger partial charge on any atom is 0.314 e. The number of aliphatic carboxylic acids is 1.